The Bertz CT molecular complexity index is 773. The summed E-state index contributed by atoms with van der Waals surface area (Å²) in [6, 6.07) is 11.8. The molecule has 5 heteroatoms. The standard InChI is InChI=1S/C16H16N4O/c1-2-21-10-16-19-14(8-15(17)20-16)12-7-11-5-3-4-6-13(11)18-9-12/h3-9H,2,10H2,1H3,(H2,17,19,20). The second-order valence-electron chi connectivity index (χ2n) is 4.65. The summed E-state index contributed by atoms with van der Waals surface area (Å²) in [6.07, 6.45) is 1.80. The minimum absolute atomic E-state index is 0.357. The molecule has 0 saturated carbocycles. The van der Waals surface area contributed by atoms with Crippen LogP contribution in [0.2, 0.25) is 0 Å². The Morgan fingerprint density at radius 3 is 2.86 bits per heavy atom. The van der Waals surface area contributed by atoms with Gasteiger partial charge >= 0.3 is 0 Å². The molecule has 3 aromatic rings. The van der Waals surface area contributed by atoms with E-state index in [2.05, 4.69) is 21.0 Å². The SMILES string of the molecule is CCOCc1nc(N)cc(-c2cnc3ccccc3c2)n1. The van der Waals surface area contributed by atoms with Gasteiger partial charge in [0.05, 0.1) is 11.2 Å². The van der Waals surface area contributed by atoms with Crippen LogP contribution in [-0.4, -0.2) is 21.6 Å². The molecule has 1 aromatic carbocycles. The van der Waals surface area contributed by atoms with Crippen molar-refractivity contribution in [3.05, 3.63) is 48.4 Å². The molecule has 0 atom stereocenters. The second kappa shape index (κ2) is 5.85. The maximum absolute atomic E-state index is 5.85. The predicted molar refractivity (Wildman–Crippen MR) is 82.5 cm³/mol. The van der Waals surface area contributed by atoms with Crippen molar-refractivity contribution in [2.45, 2.75) is 13.5 Å². The molecule has 0 aliphatic carbocycles. The lowest BCUT2D eigenvalue weighted by Gasteiger charge is -2.07. The number of nitrogens with two attached hydrogens (primary N) is 1. The highest BCUT2D eigenvalue weighted by atomic mass is 16.5. The molecule has 0 amide bonds. The fourth-order valence-electron chi connectivity index (χ4n) is 2.13. The van der Waals surface area contributed by atoms with Crippen LogP contribution in [0.3, 0.4) is 0 Å². The summed E-state index contributed by atoms with van der Waals surface area (Å²) in [7, 11) is 0. The molecule has 0 spiro atoms. The number of fused-ring (bicyclic) bond motifs is 1. The molecule has 5 nitrogen and oxygen atoms in total. The van der Waals surface area contributed by atoms with E-state index in [-0.39, 0.29) is 0 Å². The van der Waals surface area contributed by atoms with Crippen molar-refractivity contribution in [2.75, 3.05) is 12.3 Å². The number of nitrogens with zero attached hydrogens (tertiary/aromatic N) is 3. The molecule has 0 bridgehead atoms. The van der Waals surface area contributed by atoms with E-state index in [9.17, 15) is 0 Å². The summed E-state index contributed by atoms with van der Waals surface area (Å²) in [5.74, 6) is 1.02. The van der Waals surface area contributed by atoms with Crippen molar-refractivity contribution in [1.29, 1.82) is 0 Å². The summed E-state index contributed by atoms with van der Waals surface area (Å²) in [4.78, 5) is 13.1. The Balaban J connectivity index is 2.02. The maximum atomic E-state index is 5.85. The smallest absolute Gasteiger partial charge is 0.157 e. The number of aromatic nitrogens is 3. The van der Waals surface area contributed by atoms with Crippen LogP contribution in [-0.2, 0) is 11.3 Å². The highest BCUT2D eigenvalue weighted by molar-refractivity contribution is 5.82. The number of para-hydroxylation sites is 1. The van der Waals surface area contributed by atoms with E-state index in [0.717, 1.165) is 22.2 Å². The van der Waals surface area contributed by atoms with Crippen LogP contribution in [0.15, 0.2) is 42.6 Å². The first-order chi connectivity index (χ1) is 10.3. The van der Waals surface area contributed by atoms with Crippen molar-refractivity contribution in [1.82, 2.24) is 15.0 Å². The van der Waals surface area contributed by atoms with Crippen LogP contribution in [0, 0.1) is 0 Å². The lowest BCUT2D eigenvalue weighted by molar-refractivity contribution is 0.128. The maximum Gasteiger partial charge on any atom is 0.157 e. The van der Waals surface area contributed by atoms with Crippen LogP contribution >= 0.6 is 0 Å². The Kier molecular flexibility index (Phi) is 3.75. The van der Waals surface area contributed by atoms with Gasteiger partial charge in [-0.1, -0.05) is 18.2 Å². The minimum Gasteiger partial charge on any atom is -0.384 e. The molecule has 0 fully saturated rings. The van der Waals surface area contributed by atoms with Gasteiger partial charge in [0.2, 0.25) is 0 Å². The van der Waals surface area contributed by atoms with E-state index in [4.69, 9.17) is 10.5 Å². The third kappa shape index (κ3) is 2.98. The van der Waals surface area contributed by atoms with Gasteiger partial charge < -0.3 is 10.5 Å². The highest BCUT2D eigenvalue weighted by Gasteiger charge is 2.07. The first kappa shape index (κ1) is 13.5. The lowest BCUT2D eigenvalue weighted by Crippen LogP contribution is -2.03. The summed E-state index contributed by atoms with van der Waals surface area (Å²) in [5, 5.41) is 1.07. The molecule has 0 aliphatic rings. The van der Waals surface area contributed by atoms with Gasteiger partial charge in [-0.3, -0.25) is 4.98 Å². The van der Waals surface area contributed by atoms with E-state index in [1.165, 1.54) is 0 Å². The zero-order valence-corrected chi connectivity index (χ0v) is 11.8. The topological polar surface area (TPSA) is 73.9 Å². The zero-order valence-electron chi connectivity index (χ0n) is 11.8. The minimum atomic E-state index is 0.357. The molecular formula is C16H16N4O. The number of rotatable bonds is 4. The highest BCUT2D eigenvalue weighted by Crippen LogP contribution is 2.22. The average molecular weight is 280 g/mol. The molecule has 21 heavy (non-hydrogen) atoms. The third-order valence-electron chi connectivity index (χ3n) is 3.11. The lowest BCUT2D eigenvalue weighted by atomic mass is 10.1. The van der Waals surface area contributed by atoms with E-state index < -0.39 is 0 Å². The molecule has 106 valence electrons. The van der Waals surface area contributed by atoms with E-state index in [1.807, 2.05) is 31.2 Å². The van der Waals surface area contributed by atoms with Crippen LogP contribution in [0.1, 0.15) is 12.7 Å². The van der Waals surface area contributed by atoms with Gasteiger partial charge in [-0.2, -0.15) is 0 Å². The van der Waals surface area contributed by atoms with Crippen molar-refractivity contribution >= 4 is 16.7 Å². The predicted octanol–water partition coefficient (Wildman–Crippen LogP) is 2.81. The van der Waals surface area contributed by atoms with Crippen molar-refractivity contribution in [2.24, 2.45) is 0 Å². The fraction of sp³-hybridized carbons (Fsp3) is 0.188. The summed E-state index contributed by atoms with van der Waals surface area (Å²) in [6.45, 7) is 2.90. The molecule has 0 aliphatic heterocycles. The molecule has 2 aromatic heterocycles. The molecule has 2 N–H and O–H groups in total. The van der Waals surface area contributed by atoms with Gasteiger partial charge in [-0.15, -0.1) is 0 Å². The normalized spacial score (nSPS) is 10.9. The summed E-state index contributed by atoms with van der Waals surface area (Å²) in [5.41, 5.74) is 8.49. The molecule has 0 saturated heterocycles. The number of anilines is 1. The largest absolute Gasteiger partial charge is 0.384 e. The molecule has 0 radical (unpaired) electrons. The van der Waals surface area contributed by atoms with Gasteiger partial charge in [-0.05, 0) is 19.1 Å². The van der Waals surface area contributed by atoms with E-state index in [0.29, 0.717) is 24.9 Å². The van der Waals surface area contributed by atoms with Crippen molar-refractivity contribution in [3.8, 4) is 11.3 Å². The van der Waals surface area contributed by atoms with Crippen LogP contribution < -0.4 is 5.73 Å². The second-order valence-corrected chi connectivity index (χ2v) is 4.65. The first-order valence-corrected chi connectivity index (χ1v) is 6.82. The quantitative estimate of drug-likeness (QED) is 0.795. The average Bonchev–Trinajstić information content (AvgIpc) is 2.52. The molecular weight excluding hydrogens is 264 g/mol. The Labute approximate surface area is 122 Å². The van der Waals surface area contributed by atoms with E-state index >= 15 is 0 Å². The van der Waals surface area contributed by atoms with Crippen LogP contribution in [0.5, 0.6) is 0 Å². The van der Waals surface area contributed by atoms with Crippen LogP contribution in [0.25, 0.3) is 22.2 Å². The Morgan fingerprint density at radius 2 is 2.00 bits per heavy atom. The summed E-state index contributed by atoms with van der Waals surface area (Å²) < 4.78 is 5.34. The fourth-order valence-corrected chi connectivity index (χ4v) is 2.13. The number of hydrogen-bond acceptors (Lipinski definition) is 5. The number of nitrogen functional groups attached to an aromatic ring is 1. The van der Waals surface area contributed by atoms with Gasteiger partial charge in [0.15, 0.2) is 5.82 Å². The first-order valence-electron chi connectivity index (χ1n) is 6.82. The number of pyridine rings is 1. The van der Waals surface area contributed by atoms with Gasteiger partial charge in [-0.25, -0.2) is 9.97 Å². The Morgan fingerprint density at radius 1 is 1.14 bits per heavy atom. The van der Waals surface area contributed by atoms with Gasteiger partial charge in [0, 0.05) is 29.8 Å². The van der Waals surface area contributed by atoms with Crippen LogP contribution in [0.4, 0.5) is 5.82 Å². The molecule has 3 rings (SSSR count). The van der Waals surface area contributed by atoms with Crippen molar-refractivity contribution in [3.63, 3.8) is 0 Å². The van der Waals surface area contributed by atoms with Gasteiger partial charge in [0.1, 0.15) is 12.4 Å². The zero-order chi connectivity index (χ0) is 14.7. The molecule has 0 unspecified atom stereocenters. The third-order valence-corrected chi connectivity index (χ3v) is 3.11. The number of hydrogen-bond donors (Lipinski definition) is 1. The Hall–Kier alpha value is -2.53. The molecule has 2 heterocycles. The number of benzene rings is 1. The van der Waals surface area contributed by atoms with Gasteiger partial charge in [0.25, 0.3) is 0 Å². The number of ether oxygens (including phenoxy) is 1. The summed E-state index contributed by atoms with van der Waals surface area (Å²) >= 11 is 0. The van der Waals surface area contributed by atoms with E-state index in [1.54, 1.807) is 12.3 Å². The van der Waals surface area contributed by atoms with Crippen molar-refractivity contribution < 1.29 is 4.74 Å². The monoisotopic (exact) mass is 280 g/mol.